The highest BCUT2D eigenvalue weighted by atomic mass is 35.5. The number of aromatic nitrogens is 1. The van der Waals surface area contributed by atoms with E-state index in [9.17, 15) is 9.59 Å². The minimum Gasteiger partial charge on any atom is -0.408 e. The molecule has 22 heavy (non-hydrogen) atoms. The Bertz CT molecular complexity index is 762. The van der Waals surface area contributed by atoms with E-state index in [4.69, 9.17) is 16.0 Å². The quantitative estimate of drug-likeness (QED) is 0.853. The first-order chi connectivity index (χ1) is 10.5. The van der Waals surface area contributed by atoms with Crippen molar-refractivity contribution < 1.29 is 9.21 Å². The van der Waals surface area contributed by atoms with Crippen LogP contribution in [0.2, 0.25) is 5.02 Å². The van der Waals surface area contributed by atoms with Crippen LogP contribution in [0.25, 0.3) is 11.1 Å². The molecule has 0 saturated carbocycles. The predicted molar refractivity (Wildman–Crippen MR) is 85.2 cm³/mol. The van der Waals surface area contributed by atoms with E-state index in [1.807, 2.05) is 18.7 Å². The molecule has 0 radical (unpaired) electrons. The molecule has 2 aromatic rings. The van der Waals surface area contributed by atoms with Gasteiger partial charge in [-0.25, -0.2) is 4.79 Å². The number of hydrogen-bond donors (Lipinski definition) is 0. The van der Waals surface area contributed by atoms with E-state index in [1.165, 1.54) is 0 Å². The molecule has 0 unspecified atom stereocenters. The minimum atomic E-state index is -0.388. The summed E-state index contributed by atoms with van der Waals surface area (Å²) in [6.45, 7) is 5.08. The highest BCUT2D eigenvalue weighted by Crippen LogP contribution is 2.27. The molecule has 1 aromatic heterocycles. The number of rotatable bonds is 2. The van der Waals surface area contributed by atoms with Gasteiger partial charge in [0.25, 0.3) is 0 Å². The maximum Gasteiger partial charge on any atom is 0.420 e. The lowest BCUT2D eigenvalue weighted by Crippen LogP contribution is -2.43. The van der Waals surface area contributed by atoms with Gasteiger partial charge in [-0.3, -0.25) is 9.36 Å². The molecule has 0 bridgehead atoms. The number of nitrogens with zero attached hydrogens (tertiary/aromatic N) is 2. The number of fused-ring (bicyclic) bond motifs is 1. The summed E-state index contributed by atoms with van der Waals surface area (Å²) in [6.07, 6.45) is 1.73. The third-order valence-corrected chi connectivity index (χ3v) is 4.38. The molecule has 2 heterocycles. The average Bonchev–Trinajstić information content (AvgIpc) is 2.81. The number of likely N-dealkylation sites (tertiary alicyclic amines) is 1. The van der Waals surface area contributed by atoms with Crippen LogP contribution in [0.4, 0.5) is 0 Å². The Morgan fingerprint density at radius 1 is 1.41 bits per heavy atom. The summed E-state index contributed by atoms with van der Waals surface area (Å²) in [5.74, 6) is -0.296. The average molecular weight is 323 g/mol. The molecule has 1 aromatic carbocycles. The minimum absolute atomic E-state index is 0.0361. The van der Waals surface area contributed by atoms with Crippen molar-refractivity contribution in [2.24, 2.45) is 5.92 Å². The molecular weight excluding hydrogens is 304 g/mol. The molecule has 118 valence electrons. The van der Waals surface area contributed by atoms with E-state index < -0.39 is 0 Å². The number of hydrogen-bond acceptors (Lipinski definition) is 3. The van der Waals surface area contributed by atoms with Crippen LogP contribution in [0.15, 0.2) is 27.4 Å². The summed E-state index contributed by atoms with van der Waals surface area (Å²) in [4.78, 5) is 26.3. The topological polar surface area (TPSA) is 55.5 Å². The number of amides is 1. The standard InChI is InChI=1S/C16H19ClN2O3/c1-10(2)15(20)18-7-3-4-12(9-18)19-13-8-11(17)5-6-14(13)22-16(19)21/h5-6,8,10,12H,3-4,7,9H2,1-2H3/t12-/m1/s1. The summed E-state index contributed by atoms with van der Waals surface area (Å²) in [5.41, 5.74) is 1.23. The Morgan fingerprint density at radius 3 is 2.91 bits per heavy atom. The molecule has 5 nitrogen and oxygen atoms in total. The van der Waals surface area contributed by atoms with Gasteiger partial charge in [0.1, 0.15) is 0 Å². The zero-order chi connectivity index (χ0) is 15.9. The van der Waals surface area contributed by atoms with Crippen LogP contribution in [0.5, 0.6) is 0 Å². The molecule has 3 rings (SSSR count). The molecule has 1 aliphatic heterocycles. The molecular formula is C16H19ClN2O3. The van der Waals surface area contributed by atoms with Gasteiger partial charge in [0.15, 0.2) is 5.58 Å². The van der Waals surface area contributed by atoms with Gasteiger partial charge in [-0.2, -0.15) is 0 Å². The maximum absolute atomic E-state index is 12.2. The molecule has 6 heteroatoms. The van der Waals surface area contributed by atoms with Crippen LogP contribution in [-0.2, 0) is 4.79 Å². The molecule has 0 N–H and O–H groups in total. The first kappa shape index (κ1) is 15.2. The van der Waals surface area contributed by atoms with E-state index in [2.05, 4.69) is 0 Å². The molecule has 1 saturated heterocycles. The van der Waals surface area contributed by atoms with Crippen LogP contribution in [0.1, 0.15) is 32.7 Å². The van der Waals surface area contributed by atoms with Crippen molar-refractivity contribution in [3.63, 3.8) is 0 Å². The zero-order valence-corrected chi connectivity index (χ0v) is 13.5. The Labute approximate surface area is 133 Å². The lowest BCUT2D eigenvalue weighted by molar-refractivity contribution is -0.136. The van der Waals surface area contributed by atoms with E-state index in [0.717, 1.165) is 19.4 Å². The van der Waals surface area contributed by atoms with E-state index >= 15 is 0 Å². The number of oxazole rings is 1. The molecule has 1 amide bonds. The Hall–Kier alpha value is -1.75. The lowest BCUT2D eigenvalue weighted by Gasteiger charge is -2.34. The van der Waals surface area contributed by atoms with Crippen LogP contribution in [0, 0.1) is 5.92 Å². The van der Waals surface area contributed by atoms with Gasteiger partial charge in [-0.1, -0.05) is 25.4 Å². The normalized spacial score (nSPS) is 19.1. The van der Waals surface area contributed by atoms with Gasteiger partial charge in [0.05, 0.1) is 11.6 Å². The number of piperidine rings is 1. The van der Waals surface area contributed by atoms with Crippen molar-refractivity contribution in [1.82, 2.24) is 9.47 Å². The van der Waals surface area contributed by atoms with Crippen molar-refractivity contribution in [1.29, 1.82) is 0 Å². The van der Waals surface area contributed by atoms with E-state index in [1.54, 1.807) is 22.8 Å². The van der Waals surface area contributed by atoms with Crippen LogP contribution >= 0.6 is 11.6 Å². The number of carbonyl (C=O) groups is 1. The highest BCUT2D eigenvalue weighted by molar-refractivity contribution is 6.31. The second kappa shape index (κ2) is 5.80. The molecule has 1 fully saturated rings. The summed E-state index contributed by atoms with van der Waals surface area (Å²) in [7, 11) is 0. The largest absolute Gasteiger partial charge is 0.420 e. The third-order valence-electron chi connectivity index (χ3n) is 4.14. The van der Waals surface area contributed by atoms with Gasteiger partial charge in [0, 0.05) is 24.0 Å². The molecule has 0 spiro atoms. The van der Waals surface area contributed by atoms with E-state index in [0.29, 0.717) is 22.7 Å². The van der Waals surface area contributed by atoms with Crippen molar-refractivity contribution in [3.05, 3.63) is 33.8 Å². The first-order valence-corrected chi connectivity index (χ1v) is 7.94. The van der Waals surface area contributed by atoms with Crippen LogP contribution in [-0.4, -0.2) is 28.5 Å². The number of carbonyl (C=O) groups excluding carboxylic acids is 1. The number of halogens is 1. The second-order valence-electron chi connectivity index (χ2n) is 6.09. The Balaban J connectivity index is 1.97. The van der Waals surface area contributed by atoms with Crippen molar-refractivity contribution in [2.75, 3.05) is 13.1 Å². The van der Waals surface area contributed by atoms with Crippen LogP contribution < -0.4 is 5.76 Å². The SMILES string of the molecule is CC(C)C(=O)N1CCC[C@@H](n2c(=O)oc3ccc(Cl)cc32)C1. The van der Waals surface area contributed by atoms with Gasteiger partial charge in [-0.05, 0) is 31.0 Å². The van der Waals surface area contributed by atoms with Gasteiger partial charge >= 0.3 is 5.76 Å². The van der Waals surface area contributed by atoms with Crippen LogP contribution in [0.3, 0.4) is 0 Å². The summed E-state index contributed by atoms with van der Waals surface area (Å²) in [6, 6.07) is 5.08. The fourth-order valence-corrected chi connectivity index (χ4v) is 3.25. The fraction of sp³-hybridized carbons (Fsp3) is 0.500. The summed E-state index contributed by atoms with van der Waals surface area (Å²) < 4.78 is 6.94. The number of benzene rings is 1. The smallest absolute Gasteiger partial charge is 0.408 e. The lowest BCUT2D eigenvalue weighted by atomic mass is 10.0. The predicted octanol–water partition coefficient (Wildman–Crippen LogP) is 3.07. The monoisotopic (exact) mass is 322 g/mol. The summed E-state index contributed by atoms with van der Waals surface area (Å²) in [5, 5.41) is 0.563. The zero-order valence-electron chi connectivity index (χ0n) is 12.7. The molecule has 1 aliphatic rings. The molecule has 0 aliphatic carbocycles. The van der Waals surface area contributed by atoms with Crippen molar-refractivity contribution >= 4 is 28.6 Å². The summed E-state index contributed by atoms with van der Waals surface area (Å²) >= 11 is 6.04. The first-order valence-electron chi connectivity index (χ1n) is 7.56. The van der Waals surface area contributed by atoms with Gasteiger partial charge in [0.2, 0.25) is 5.91 Å². The third kappa shape index (κ3) is 2.65. The Morgan fingerprint density at radius 2 is 2.18 bits per heavy atom. The maximum atomic E-state index is 12.2. The Kier molecular flexibility index (Phi) is 4.00. The van der Waals surface area contributed by atoms with E-state index in [-0.39, 0.29) is 23.6 Å². The van der Waals surface area contributed by atoms with Crippen molar-refractivity contribution in [3.8, 4) is 0 Å². The second-order valence-corrected chi connectivity index (χ2v) is 6.52. The molecule has 1 atom stereocenters. The highest BCUT2D eigenvalue weighted by Gasteiger charge is 2.28. The van der Waals surface area contributed by atoms with Crippen molar-refractivity contribution in [2.45, 2.75) is 32.7 Å². The fourth-order valence-electron chi connectivity index (χ4n) is 3.08. The van der Waals surface area contributed by atoms with Gasteiger partial charge in [-0.15, -0.1) is 0 Å². The van der Waals surface area contributed by atoms with Gasteiger partial charge < -0.3 is 9.32 Å².